The first-order valence-electron chi connectivity index (χ1n) is 13.5. The summed E-state index contributed by atoms with van der Waals surface area (Å²) in [5, 5.41) is 2.89. The minimum atomic E-state index is -4.07. The topological polar surface area (TPSA) is 110 Å². The summed E-state index contributed by atoms with van der Waals surface area (Å²) in [4.78, 5) is 27.5. The highest BCUT2D eigenvalue weighted by molar-refractivity contribution is 7.92. The second kappa shape index (κ2) is 10.7. The van der Waals surface area contributed by atoms with E-state index in [9.17, 15) is 22.4 Å². The first-order chi connectivity index (χ1) is 19.3. The van der Waals surface area contributed by atoms with Gasteiger partial charge in [-0.15, -0.1) is 0 Å². The van der Waals surface area contributed by atoms with Crippen LogP contribution in [-0.2, 0) is 21.3 Å². The Morgan fingerprint density at radius 3 is 2.65 bits per heavy atom. The molecule has 0 aliphatic carbocycles. The lowest BCUT2D eigenvalue weighted by atomic mass is 9.83. The van der Waals surface area contributed by atoms with Crippen LogP contribution in [0.15, 0.2) is 70.4 Å². The molecule has 4 heterocycles. The highest BCUT2D eigenvalue weighted by Crippen LogP contribution is 2.39. The van der Waals surface area contributed by atoms with E-state index in [1.54, 1.807) is 30.3 Å². The molecule has 11 heteroatoms. The largest absolute Gasteiger partial charge is 0.376 e. The SMILES string of the molecule is O=C(NC[C@@H]1CCCO1)c1ccc(N2C[C@H]3C[C@@H](C2)c2cccc(=O)n2C3)c(NS(=O)(=O)c2ccc(F)cc2)c1. The van der Waals surface area contributed by atoms with Crippen LogP contribution in [0.4, 0.5) is 15.8 Å². The van der Waals surface area contributed by atoms with E-state index in [4.69, 9.17) is 4.74 Å². The number of pyridine rings is 1. The average Bonchev–Trinajstić information content (AvgIpc) is 3.46. The normalized spacial score (nSPS) is 22.0. The molecule has 1 amide bonds. The van der Waals surface area contributed by atoms with Crippen LogP contribution >= 0.6 is 0 Å². The van der Waals surface area contributed by atoms with Gasteiger partial charge in [0.15, 0.2) is 0 Å². The zero-order chi connectivity index (χ0) is 27.9. The average molecular weight is 567 g/mol. The number of anilines is 2. The molecule has 2 bridgehead atoms. The van der Waals surface area contributed by atoms with Crippen molar-refractivity contribution in [1.82, 2.24) is 9.88 Å². The van der Waals surface area contributed by atoms with Crippen LogP contribution in [0, 0.1) is 11.7 Å². The predicted octanol–water partition coefficient (Wildman–Crippen LogP) is 3.32. The molecule has 0 spiro atoms. The number of nitrogens with one attached hydrogen (secondary N) is 2. The number of carbonyl (C=O) groups excluding carboxylic acids is 1. The lowest BCUT2D eigenvalue weighted by Gasteiger charge is -2.44. The van der Waals surface area contributed by atoms with E-state index in [-0.39, 0.29) is 40.0 Å². The van der Waals surface area contributed by atoms with Gasteiger partial charge in [-0.05, 0) is 73.7 Å². The Morgan fingerprint density at radius 1 is 1.05 bits per heavy atom. The number of halogens is 1. The molecule has 40 heavy (non-hydrogen) atoms. The maximum absolute atomic E-state index is 13.5. The number of amides is 1. The van der Waals surface area contributed by atoms with Gasteiger partial charge in [0, 0.05) is 56.0 Å². The fraction of sp³-hybridized carbons (Fsp3) is 0.379. The van der Waals surface area contributed by atoms with Crippen molar-refractivity contribution in [1.29, 1.82) is 0 Å². The van der Waals surface area contributed by atoms with Crippen molar-refractivity contribution in [2.24, 2.45) is 5.92 Å². The summed E-state index contributed by atoms with van der Waals surface area (Å²) in [5.41, 5.74) is 2.19. The van der Waals surface area contributed by atoms with E-state index < -0.39 is 15.8 Å². The summed E-state index contributed by atoms with van der Waals surface area (Å²) in [6.07, 6.45) is 2.76. The highest BCUT2D eigenvalue weighted by atomic mass is 32.2. The summed E-state index contributed by atoms with van der Waals surface area (Å²) in [7, 11) is -4.07. The van der Waals surface area contributed by atoms with Crippen LogP contribution in [0.25, 0.3) is 0 Å². The van der Waals surface area contributed by atoms with Crippen molar-refractivity contribution in [2.45, 2.75) is 42.7 Å². The number of ether oxygens (including phenoxy) is 1. The highest BCUT2D eigenvalue weighted by Gasteiger charge is 2.35. The summed E-state index contributed by atoms with van der Waals surface area (Å²) in [6.45, 7) is 2.89. The number of carbonyl (C=O) groups is 1. The molecule has 9 nitrogen and oxygen atoms in total. The number of aromatic nitrogens is 1. The van der Waals surface area contributed by atoms with Gasteiger partial charge in [-0.25, -0.2) is 12.8 Å². The van der Waals surface area contributed by atoms with Gasteiger partial charge in [0.2, 0.25) is 0 Å². The molecule has 1 aromatic heterocycles. The molecule has 210 valence electrons. The monoisotopic (exact) mass is 566 g/mol. The van der Waals surface area contributed by atoms with Crippen molar-refractivity contribution in [3.63, 3.8) is 0 Å². The molecule has 3 aliphatic rings. The quantitative estimate of drug-likeness (QED) is 0.454. The minimum Gasteiger partial charge on any atom is -0.376 e. The summed E-state index contributed by atoms with van der Waals surface area (Å²) >= 11 is 0. The summed E-state index contributed by atoms with van der Waals surface area (Å²) < 4.78 is 50.2. The second-order valence-corrected chi connectivity index (χ2v) is 12.4. The van der Waals surface area contributed by atoms with Crippen molar-refractivity contribution in [3.05, 3.63) is 88.1 Å². The lowest BCUT2D eigenvalue weighted by Crippen LogP contribution is -2.47. The van der Waals surface area contributed by atoms with Crippen molar-refractivity contribution < 1.29 is 22.3 Å². The van der Waals surface area contributed by atoms with E-state index in [0.29, 0.717) is 44.0 Å². The van der Waals surface area contributed by atoms with E-state index in [0.717, 1.165) is 37.1 Å². The Morgan fingerprint density at radius 2 is 1.88 bits per heavy atom. The number of fused-ring (bicyclic) bond motifs is 4. The fourth-order valence-corrected chi connectivity index (χ4v) is 7.12. The molecule has 2 fully saturated rings. The Balaban J connectivity index is 1.32. The molecule has 0 saturated carbocycles. The van der Waals surface area contributed by atoms with Gasteiger partial charge >= 0.3 is 0 Å². The molecule has 0 radical (unpaired) electrons. The smallest absolute Gasteiger partial charge is 0.261 e. The molecular formula is C29H31FN4O5S. The maximum atomic E-state index is 13.5. The molecule has 2 aromatic carbocycles. The van der Waals surface area contributed by atoms with Gasteiger partial charge in [-0.1, -0.05) is 6.07 Å². The lowest BCUT2D eigenvalue weighted by molar-refractivity contribution is 0.0858. The summed E-state index contributed by atoms with van der Waals surface area (Å²) in [6, 6.07) is 14.9. The van der Waals surface area contributed by atoms with Crippen LogP contribution < -0.4 is 20.5 Å². The van der Waals surface area contributed by atoms with Crippen LogP contribution in [0.3, 0.4) is 0 Å². The van der Waals surface area contributed by atoms with Crippen LogP contribution in [-0.4, -0.2) is 51.2 Å². The Hall–Kier alpha value is -3.70. The van der Waals surface area contributed by atoms with E-state index >= 15 is 0 Å². The molecular weight excluding hydrogens is 535 g/mol. The van der Waals surface area contributed by atoms with Crippen molar-refractivity contribution in [3.8, 4) is 0 Å². The molecule has 2 N–H and O–H groups in total. The molecule has 3 aliphatic heterocycles. The Kier molecular flexibility index (Phi) is 7.09. The summed E-state index contributed by atoms with van der Waals surface area (Å²) in [5.74, 6) is -0.545. The van der Waals surface area contributed by atoms with Gasteiger partial charge in [0.25, 0.3) is 21.5 Å². The van der Waals surface area contributed by atoms with Gasteiger partial charge in [-0.2, -0.15) is 0 Å². The molecule has 0 unspecified atom stereocenters. The standard InChI is InChI=1S/C29H31FN4O5S/c30-22-7-9-24(10-8-22)40(37,38)32-25-14-20(29(36)31-15-23-3-2-12-39-23)6-11-27(25)33-16-19-13-21(18-33)26-4-1-5-28(35)34(26)17-19/h1,4-11,14,19,21,23,32H,2-3,12-13,15-18H2,(H,31,36)/t19-,21+,23+/m1/s1. The predicted molar refractivity (Wildman–Crippen MR) is 149 cm³/mol. The third-order valence-electron chi connectivity index (χ3n) is 7.96. The molecule has 2 saturated heterocycles. The van der Waals surface area contributed by atoms with Crippen molar-refractivity contribution >= 4 is 27.3 Å². The first-order valence-corrected chi connectivity index (χ1v) is 15.0. The number of piperidine rings is 1. The Bertz CT molecular complexity index is 1580. The van der Waals surface area contributed by atoms with Gasteiger partial charge in [0.05, 0.1) is 22.4 Å². The number of hydrogen-bond donors (Lipinski definition) is 2. The molecule has 3 atom stereocenters. The van der Waals surface area contributed by atoms with Crippen LogP contribution in [0.2, 0.25) is 0 Å². The number of nitrogens with zero attached hydrogens (tertiary/aromatic N) is 2. The van der Waals surface area contributed by atoms with E-state index in [1.165, 1.54) is 12.1 Å². The first kappa shape index (κ1) is 26.5. The molecule has 6 rings (SSSR count). The zero-order valence-electron chi connectivity index (χ0n) is 21.9. The Labute approximate surface area is 232 Å². The zero-order valence-corrected chi connectivity index (χ0v) is 22.7. The van der Waals surface area contributed by atoms with Crippen molar-refractivity contribution in [2.75, 3.05) is 35.9 Å². The van der Waals surface area contributed by atoms with Gasteiger partial charge in [-0.3, -0.25) is 14.3 Å². The van der Waals surface area contributed by atoms with E-state index in [1.807, 2.05) is 10.6 Å². The maximum Gasteiger partial charge on any atom is 0.261 e. The van der Waals surface area contributed by atoms with Gasteiger partial charge in [0.1, 0.15) is 5.82 Å². The van der Waals surface area contributed by atoms with E-state index in [2.05, 4.69) is 14.9 Å². The molecule has 3 aromatic rings. The number of rotatable bonds is 7. The number of hydrogen-bond acceptors (Lipinski definition) is 6. The van der Waals surface area contributed by atoms with Crippen LogP contribution in [0.1, 0.15) is 41.2 Å². The number of benzene rings is 2. The number of sulfonamides is 1. The van der Waals surface area contributed by atoms with Gasteiger partial charge < -0.3 is 19.5 Å². The van der Waals surface area contributed by atoms with Crippen LogP contribution in [0.5, 0.6) is 0 Å². The third-order valence-corrected chi connectivity index (χ3v) is 9.34. The second-order valence-electron chi connectivity index (χ2n) is 10.7. The third kappa shape index (κ3) is 5.35. The minimum absolute atomic E-state index is 0.00762. The fourth-order valence-electron chi connectivity index (χ4n) is 6.06.